The fraction of sp³-hybridized carbons (Fsp3) is 0.667. The minimum absolute atomic E-state index is 0.218. The van der Waals surface area contributed by atoms with Crippen LogP contribution in [-0.4, -0.2) is 31.6 Å². The Bertz CT molecular complexity index is 150. The zero-order valence-corrected chi connectivity index (χ0v) is 6.13. The van der Waals surface area contributed by atoms with E-state index in [0.717, 1.165) is 4.90 Å². The minimum Gasteiger partial charge on any atom is -0.384 e. The summed E-state index contributed by atoms with van der Waals surface area (Å²) in [5.41, 5.74) is 0. The van der Waals surface area contributed by atoms with Crippen molar-refractivity contribution in [1.82, 2.24) is 4.90 Å². The molecule has 0 radical (unpaired) electrons. The first kappa shape index (κ1) is 8.92. The van der Waals surface area contributed by atoms with Crippen LogP contribution in [0, 0.1) is 11.5 Å². The van der Waals surface area contributed by atoms with Crippen LogP contribution in [0.2, 0.25) is 0 Å². The van der Waals surface area contributed by atoms with Crippen LogP contribution in [0.25, 0.3) is 0 Å². The second-order valence-electron chi connectivity index (χ2n) is 1.80. The molecular formula is C6H10N2O2. The highest BCUT2D eigenvalue weighted by Crippen LogP contribution is 1.87. The van der Waals surface area contributed by atoms with Gasteiger partial charge in [0.25, 0.3) is 0 Å². The summed E-state index contributed by atoms with van der Waals surface area (Å²) in [6.45, 7) is 0.366. The van der Waals surface area contributed by atoms with Gasteiger partial charge in [-0.2, -0.15) is 5.26 Å². The van der Waals surface area contributed by atoms with Crippen molar-refractivity contribution in [2.75, 3.05) is 20.8 Å². The summed E-state index contributed by atoms with van der Waals surface area (Å²) < 4.78 is 4.65. The molecule has 10 heavy (non-hydrogen) atoms. The highest BCUT2D eigenvalue weighted by Gasteiger charge is 2.05. The van der Waals surface area contributed by atoms with Crippen molar-refractivity contribution in [3.8, 4) is 6.19 Å². The second kappa shape index (κ2) is 4.77. The molecule has 0 saturated carbocycles. The Morgan fingerprint density at radius 2 is 2.40 bits per heavy atom. The third-order valence-corrected chi connectivity index (χ3v) is 1.04. The van der Waals surface area contributed by atoms with Crippen LogP contribution >= 0.6 is 0 Å². The molecule has 0 aromatic rings. The Morgan fingerprint density at radius 1 is 1.80 bits per heavy atom. The van der Waals surface area contributed by atoms with Crippen molar-refractivity contribution in [3.63, 3.8) is 0 Å². The molecule has 0 fully saturated rings. The Labute approximate surface area is 60.0 Å². The Balaban J connectivity index is 3.54. The third-order valence-electron chi connectivity index (χ3n) is 1.04. The standard InChI is InChI=1S/C6H10N2O2/c1-8(5-7)6(9)3-4-10-2/h3-4H2,1-2H3. The Hall–Kier alpha value is -1.08. The highest BCUT2D eigenvalue weighted by atomic mass is 16.5. The van der Waals surface area contributed by atoms with Gasteiger partial charge < -0.3 is 4.74 Å². The van der Waals surface area contributed by atoms with Crippen LogP contribution in [0.1, 0.15) is 6.42 Å². The lowest BCUT2D eigenvalue weighted by molar-refractivity contribution is -0.128. The number of carbonyl (C=O) groups is 1. The number of nitrogens with zero attached hydrogens (tertiary/aromatic N) is 2. The van der Waals surface area contributed by atoms with Gasteiger partial charge >= 0.3 is 0 Å². The number of hydrogen-bond acceptors (Lipinski definition) is 3. The molecule has 0 aromatic carbocycles. The quantitative estimate of drug-likeness (QED) is 0.410. The molecular weight excluding hydrogens is 132 g/mol. The van der Waals surface area contributed by atoms with Gasteiger partial charge in [0.15, 0.2) is 6.19 Å². The monoisotopic (exact) mass is 142 g/mol. The first-order valence-corrected chi connectivity index (χ1v) is 2.87. The average Bonchev–Trinajstić information content (AvgIpc) is 1.98. The Kier molecular flexibility index (Phi) is 4.25. The molecule has 0 heterocycles. The van der Waals surface area contributed by atoms with E-state index in [2.05, 4.69) is 4.74 Å². The summed E-state index contributed by atoms with van der Waals surface area (Å²) in [5, 5.41) is 8.22. The lowest BCUT2D eigenvalue weighted by atomic mass is 10.4. The van der Waals surface area contributed by atoms with Crippen LogP contribution in [0.3, 0.4) is 0 Å². The van der Waals surface area contributed by atoms with E-state index in [0.29, 0.717) is 6.61 Å². The van der Waals surface area contributed by atoms with Crippen LogP contribution in [0.15, 0.2) is 0 Å². The zero-order chi connectivity index (χ0) is 7.98. The lowest BCUT2D eigenvalue weighted by Gasteiger charge is -2.04. The lowest BCUT2D eigenvalue weighted by Crippen LogP contribution is -2.22. The summed E-state index contributed by atoms with van der Waals surface area (Å²) in [6, 6.07) is 0. The smallest absolute Gasteiger partial charge is 0.237 e. The van der Waals surface area contributed by atoms with Gasteiger partial charge in [-0.25, -0.2) is 0 Å². The van der Waals surface area contributed by atoms with E-state index in [9.17, 15) is 4.79 Å². The van der Waals surface area contributed by atoms with E-state index in [1.165, 1.54) is 14.2 Å². The maximum Gasteiger partial charge on any atom is 0.237 e. The predicted molar refractivity (Wildman–Crippen MR) is 34.9 cm³/mol. The van der Waals surface area contributed by atoms with Crippen LogP contribution in [-0.2, 0) is 9.53 Å². The van der Waals surface area contributed by atoms with Gasteiger partial charge in [0.2, 0.25) is 5.91 Å². The normalized spacial score (nSPS) is 8.50. The number of hydrogen-bond donors (Lipinski definition) is 0. The summed E-state index contributed by atoms with van der Waals surface area (Å²) in [6.07, 6.45) is 1.97. The van der Waals surface area contributed by atoms with Crippen molar-refractivity contribution < 1.29 is 9.53 Å². The first-order chi connectivity index (χ1) is 4.72. The van der Waals surface area contributed by atoms with E-state index in [1.807, 2.05) is 0 Å². The summed E-state index contributed by atoms with van der Waals surface area (Å²) in [7, 11) is 2.94. The summed E-state index contributed by atoms with van der Waals surface area (Å²) >= 11 is 0. The molecule has 0 aliphatic carbocycles. The number of rotatable bonds is 3. The number of carbonyl (C=O) groups excluding carboxylic acids is 1. The molecule has 0 aliphatic heterocycles. The number of amides is 1. The molecule has 0 aromatic heterocycles. The molecule has 0 rings (SSSR count). The molecule has 4 heteroatoms. The van der Waals surface area contributed by atoms with Gasteiger partial charge in [0.05, 0.1) is 13.0 Å². The molecule has 0 aliphatic rings. The molecule has 0 atom stereocenters. The van der Waals surface area contributed by atoms with Gasteiger partial charge in [-0.3, -0.25) is 9.69 Å². The van der Waals surface area contributed by atoms with E-state index in [1.54, 1.807) is 6.19 Å². The van der Waals surface area contributed by atoms with Crippen molar-refractivity contribution in [1.29, 1.82) is 5.26 Å². The number of ether oxygens (including phenoxy) is 1. The minimum atomic E-state index is -0.218. The Morgan fingerprint density at radius 3 is 2.80 bits per heavy atom. The second-order valence-corrected chi connectivity index (χ2v) is 1.80. The van der Waals surface area contributed by atoms with Gasteiger partial charge in [0.1, 0.15) is 0 Å². The summed E-state index contributed by atoms with van der Waals surface area (Å²) in [4.78, 5) is 11.7. The molecule has 0 unspecified atom stereocenters. The van der Waals surface area contributed by atoms with E-state index in [4.69, 9.17) is 5.26 Å². The molecule has 0 saturated heterocycles. The van der Waals surface area contributed by atoms with Crippen LogP contribution in [0.5, 0.6) is 0 Å². The van der Waals surface area contributed by atoms with Crippen molar-refractivity contribution in [3.05, 3.63) is 0 Å². The largest absolute Gasteiger partial charge is 0.384 e. The van der Waals surface area contributed by atoms with E-state index < -0.39 is 0 Å². The fourth-order valence-electron chi connectivity index (χ4n) is 0.413. The van der Waals surface area contributed by atoms with Crippen molar-refractivity contribution in [2.45, 2.75) is 6.42 Å². The fourth-order valence-corrected chi connectivity index (χ4v) is 0.413. The maximum absolute atomic E-state index is 10.8. The molecule has 0 N–H and O–H groups in total. The number of nitriles is 1. The highest BCUT2D eigenvalue weighted by molar-refractivity contribution is 5.77. The molecule has 56 valence electrons. The van der Waals surface area contributed by atoms with Crippen LogP contribution in [0.4, 0.5) is 0 Å². The van der Waals surface area contributed by atoms with Gasteiger partial charge in [-0.05, 0) is 0 Å². The molecule has 4 nitrogen and oxygen atoms in total. The summed E-state index contributed by atoms with van der Waals surface area (Å²) in [5.74, 6) is -0.218. The predicted octanol–water partition coefficient (Wildman–Crippen LogP) is -0.0376. The molecule has 0 spiro atoms. The van der Waals surface area contributed by atoms with Crippen LogP contribution < -0.4 is 0 Å². The first-order valence-electron chi connectivity index (χ1n) is 2.87. The van der Waals surface area contributed by atoms with Crippen molar-refractivity contribution in [2.24, 2.45) is 0 Å². The average molecular weight is 142 g/mol. The maximum atomic E-state index is 10.8. The van der Waals surface area contributed by atoms with Gasteiger partial charge in [-0.15, -0.1) is 0 Å². The van der Waals surface area contributed by atoms with E-state index >= 15 is 0 Å². The van der Waals surface area contributed by atoms with Crippen molar-refractivity contribution >= 4 is 5.91 Å². The zero-order valence-electron chi connectivity index (χ0n) is 6.13. The third kappa shape index (κ3) is 3.05. The number of methoxy groups -OCH3 is 1. The topological polar surface area (TPSA) is 53.3 Å². The van der Waals surface area contributed by atoms with Gasteiger partial charge in [0, 0.05) is 14.2 Å². The SMILES string of the molecule is COCCC(=O)N(C)C#N. The van der Waals surface area contributed by atoms with Gasteiger partial charge in [-0.1, -0.05) is 0 Å². The molecule has 1 amide bonds. The molecule has 0 bridgehead atoms. The van der Waals surface area contributed by atoms with E-state index in [-0.39, 0.29) is 12.3 Å².